The minimum absolute atomic E-state index is 0.0222. The second kappa shape index (κ2) is 6.62. The van der Waals surface area contributed by atoms with Gasteiger partial charge >= 0.3 is 12.3 Å². The molecule has 1 aliphatic carbocycles. The van der Waals surface area contributed by atoms with Crippen LogP contribution in [0.2, 0.25) is 5.02 Å². The number of amides is 1. The maximum Gasteiger partial charge on any atom is 0.417 e. The summed E-state index contributed by atoms with van der Waals surface area (Å²) in [6.45, 7) is 0.746. The van der Waals surface area contributed by atoms with E-state index >= 15 is 0 Å². The van der Waals surface area contributed by atoms with Crippen LogP contribution in [0.25, 0.3) is 0 Å². The standard InChI is InChI=1S/C14H16ClF3N4O4/c15-10-9(5-19-21-11(10)23)22-2-1-8(6-22)26-12(24)20-7-3-13(25,4-7)14(16,17)18/h5,7-8,25H,1-4,6H2,(H,20,24)(H,21,23)/t7?,8-,13?/m1/s1. The minimum Gasteiger partial charge on any atom is -0.444 e. The van der Waals surface area contributed by atoms with E-state index in [1.165, 1.54) is 6.20 Å². The summed E-state index contributed by atoms with van der Waals surface area (Å²) in [6.07, 6.45) is -5.42. The summed E-state index contributed by atoms with van der Waals surface area (Å²) >= 11 is 5.92. The summed E-state index contributed by atoms with van der Waals surface area (Å²) in [5, 5.41) is 17.5. The van der Waals surface area contributed by atoms with Crippen molar-refractivity contribution in [2.45, 2.75) is 43.2 Å². The molecule has 1 atom stereocenters. The molecule has 1 aliphatic heterocycles. The number of ether oxygens (including phenoxy) is 1. The van der Waals surface area contributed by atoms with Crippen molar-refractivity contribution in [2.75, 3.05) is 18.0 Å². The molecule has 1 amide bonds. The number of carbonyl (C=O) groups is 1. The highest BCUT2D eigenvalue weighted by Gasteiger charge is 2.61. The highest BCUT2D eigenvalue weighted by Crippen LogP contribution is 2.45. The largest absolute Gasteiger partial charge is 0.444 e. The Morgan fingerprint density at radius 2 is 2.19 bits per heavy atom. The average molecular weight is 397 g/mol. The van der Waals surface area contributed by atoms with Gasteiger partial charge in [0.25, 0.3) is 5.56 Å². The number of carbonyl (C=O) groups excluding carboxylic acids is 1. The normalized spacial score (nSPS) is 28.6. The van der Waals surface area contributed by atoms with E-state index in [9.17, 15) is 27.9 Å². The van der Waals surface area contributed by atoms with Crippen LogP contribution in [0.3, 0.4) is 0 Å². The fourth-order valence-electron chi connectivity index (χ4n) is 3.08. The monoisotopic (exact) mass is 396 g/mol. The zero-order valence-electron chi connectivity index (χ0n) is 13.3. The average Bonchev–Trinajstić information content (AvgIpc) is 2.95. The lowest BCUT2D eigenvalue weighted by Gasteiger charge is -2.44. The number of halogens is 4. The number of alkyl carbamates (subject to hydrolysis) is 1. The van der Waals surface area contributed by atoms with Gasteiger partial charge in [0.05, 0.1) is 18.4 Å². The molecule has 144 valence electrons. The summed E-state index contributed by atoms with van der Waals surface area (Å²) in [7, 11) is 0. The van der Waals surface area contributed by atoms with E-state index in [0.717, 1.165) is 0 Å². The van der Waals surface area contributed by atoms with E-state index in [1.54, 1.807) is 4.90 Å². The van der Waals surface area contributed by atoms with Crippen molar-refractivity contribution in [3.8, 4) is 0 Å². The van der Waals surface area contributed by atoms with Gasteiger partial charge in [0.1, 0.15) is 11.1 Å². The number of alkyl halides is 3. The number of aromatic nitrogens is 2. The van der Waals surface area contributed by atoms with Crippen molar-refractivity contribution in [3.05, 3.63) is 21.6 Å². The maximum absolute atomic E-state index is 12.5. The number of aliphatic hydroxyl groups is 1. The topological polar surface area (TPSA) is 108 Å². The number of H-pyrrole nitrogens is 1. The molecule has 3 rings (SSSR count). The Hall–Kier alpha value is -2.01. The van der Waals surface area contributed by atoms with Crippen LogP contribution in [0, 0.1) is 0 Å². The molecule has 8 nitrogen and oxygen atoms in total. The van der Waals surface area contributed by atoms with Gasteiger partial charge in [-0.3, -0.25) is 4.79 Å². The lowest BCUT2D eigenvalue weighted by atomic mass is 9.75. The Morgan fingerprint density at radius 1 is 1.50 bits per heavy atom. The van der Waals surface area contributed by atoms with Gasteiger partial charge in [-0.25, -0.2) is 9.89 Å². The summed E-state index contributed by atoms with van der Waals surface area (Å²) in [6, 6.07) is -0.794. The summed E-state index contributed by atoms with van der Waals surface area (Å²) < 4.78 is 42.8. The number of aromatic amines is 1. The molecule has 0 unspecified atom stereocenters. The van der Waals surface area contributed by atoms with Crippen molar-refractivity contribution in [1.29, 1.82) is 0 Å². The zero-order chi connectivity index (χ0) is 19.1. The zero-order valence-corrected chi connectivity index (χ0v) is 14.1. The van der Waals surface area contributed by atoms with E-state index < -0.39 is 48.4 Å². The lowest BCUT2D eigenvalue weighted by Crippen LogP contribution is -2.62. The predicted octanol–water partition coefficient (Wildman–Crippen LogP) is 1.18. The quantitative estimate of drug-likeness (QED) is 0.708. The second-order valence-electron chi connectivity index (χ2n) is 6.44. The molecule has 2 heterocycles. The smallest absolute Gasteiger partial charge is 0.417 e. The third-order valence-electron chi connectivity index (χ3n) is 4.55. The number of nitrogens with zero attached hydrogens (tertiary/aromatic N) is 2. The number of hydrogen-bond donors (Lipinski definition) is 3. The molecule has 2 fully saturated rings. The molecule has 0 spiro atoms. The van der Waals surface area contributed by atoms with Gasteiger partial charge in [-0.2, -0.15) is 18.3 Å². The number of hydrogen-bond acceptors (Lipinski definition) is 6. The van der Waals surface area contributed by atoms with Gasteiger partial charge in [-0.1, -0.05) is 11.6 Å². The van der Waals surface area contributed by atoms with Gasteiger partial charge in [-0.05, 0) is 0 Å². The van der Waals surface area contributed by atoms with Crippen LogP contribution < -0.4 is 15.8 Å². The fraction of sp³-hybridized carbons (Fsp3) is 0.643. The van der Waals surface area contributed by atoms with Gasteiger partial charge < -0.3 is 20.1 Å². The van der Waals surface area contributed by atoms with E-state index in [-0.39, 0.29) is 11.6 Å². The highest BCUT2D eigenvalue weighted by atomic mass is 35.5. The molecular formula is C14H16ClF3N4O4. The molecule has 12 heteroatoms. The SMILES string of the molecule is O=C(NC1CC(O)(C(F)(F)F)C1)O[C@@H]1CCN(c2cn[nH]c(=O)c2Cl)C1. The van der Waals surface area contributed by atoms with Crippen LogP contribution in [-0.2, 0) is 4.74 Å². The first-order valence-electron chi connectivity index (χ1n) is 7.83. The number of anilines is 1. The van der Waals surface area contributed by atoms with Gasteiger partial charge in [0.15, 0.2) is 5.60 Å². The summed E-state index contributed by atoms with van der Waals surface area (Å²) in [5.74, 6) is 0. The molecule has 26 heavy (non-hydrogen) atoms. The van der Waals surface area contributed by atoms with Gasteiger partial charge in [0.2, 0.25) is 0 Å². The van der Waals surface area contributed by atoms with Crippen LogP contribution in [0.15, 0.2) is 11.0 Å². The third kappa shape index (κ3) is 3.58. The van der Waals surface area contributed by atoms with E-state index in [1.807, 2.05) is 0 Å². The minimum atomic E-state index is -4.72. The Bertz CT molecular complexity index is 750. The summed E-state index contributed by atoms with van der Waals surface area (Å²) in [5.41, 5.74) is -2.87. The Balaban J connectivity index is 1.48. The summed E-state index contributed by atoms with van der Waals surface area (Å²) in [4.78, 5) is 25.0. The van der Waals surface area contributed by atoms with E-state index in [2.05, 4.69) is 15.5 Å². The Kier molecular flexibility index (Phi) is 4.78. The van der Waals surface area contributed by atoms with Crippen molar-refractivity contribution < 1.29 is 27.8 Å². The molecule has 1 aromatic heterocycles. The van der Waals surface area contributed by atoms with E-state index in [0.29, 0.717) is 18.7 Å². The van der Waals surface area contributed by atoms with Crippen LogP contribution in [0.1, 0.15) is 19.3 Å². The van der Waals surface area contributed by atoms with Crippen molar-refractivity contribution in [1.82, 2.24) is 15.5 Å². The van der Waals surface area contributed by atoms with Crippen molar-refractivity contribution >= 4 is 23.4 Å². The van der Waals surface area contributed by atoms with Crippen molar-refractivity contribution in [3.63, 3.8) is 0 Å². The molecule has 0 aromatic carbocycles. The Morgan fingerprint density at radius 3 is 2.85 bits per heavy atom. The van der Waals surface area contributed by atoms with Gasteiger partial charge in [-0.15, -0.1) is 0 Å². The first kappa shape index (κ1) is 18.8. The Labute approximate surface area is 150 Å². The maximum atomic E-state index is 12.5. The molecule has 2 aliphatic rings. The van der Waals surface area contributed by atoms with Gasteiger partial charge in [0, 0.05) is 31.8 Å². The van der Waals surface area contributed by atoms with E-state index in [4.69, 9.17) is 16.3 Å². The van der Waals surface area contributed by atoms with Crippen LogP contribution in [-0.4, -0.2) is 58.4 Å². The highest BCUT2D eigenvalue weighted by molar-refractivity contribution is 6.33. The predicted molar refractivity (Wildman–Crippen MR) is 84.1 cm³/mol. The molecule has 1 saturated carbocycles. The number of rotatable bonds is 3. The molecule has 1 saturated heterocycles. The molecule has 0 radical (unpaired) electrons. The van der Waals surface area contributed by atoms with Crippen LogP contribution in [0.5, 0.6) is 0 Å². The second-order valence-corrected chi connectivity index (χ2v) is 6.82. The first-order valence-corrected chi connectivity index (χ1v) is 8.21. The number of nitrogens with one attached hydrogen (secondary N) is 2. The fourth-order valence-corrected chi connectivity index (χ4v) is 3.29. The molecule has 1 aromatic rings. The molecular weight excluding hydrogens is 381 g/mol. The third-order valence-corrected chi connectivity index (χ3v) is 4.92. The van der Waals surface area contributed by atoms with Crippen molar-refractivity contribution in [2.24, 2.45) is 0 Å². The molecule has 3 N–H and O–H groups in total. The lowest BCUT2D eigenvalue weighted by molar-refractivity contribution is -0.291. The van der Waals surface area contributed by atoms with Crippen LogP contribution >= 0.6 is 11.6 Å². The molecule has 0 bridgehead atoms. The van der Waals surface area contributed by atoms with Crippen LogP contribution in [0.4, 0.5) is 23.7 Å². The first-order chi connectivity index (χ1) is 12.1.